The number of anilines is 1. The first-order valence-corrected chi connectivity index (χ1v) is 9.22. The molecule has 0 radical (unpaired) electrons. The third kappa shape index (κ3) is 2.88. The molecule has 1 aromatic carbocycles. The predicted molar refractivity (Wildman–Crippen MR) is 105 cm³/mol. The van der Waals surface area contributed by atoms with Crippen molar-refractivity contribution < 1.29 is 5.11 Å². The van der Waals surface area contributed by atoms with Crippen molar-refractivity contribution in [2.45, 2.75) is 19.0 Å². The first kappa shape index (κ1) is 16.1. The van der Waals surface area contributed by atoms with Crippen molar-refractivity contribution in [3.05, 3.63) is 76.2 Å². The van der Waals surface area contributed by atoms with E-state index in [0.717, 1.165) is 5.69 Å². The molecule has 4 nitrogen and oxygen atoms in total. The van der Waals surface area contributed by atoms with Crippen LogP contribution in [-0.2, 0) is 0 Å². The van der Waals surface area contributed by atoms with E-state index in [1.165, 1.54) is 9.75 Å². The zero-order valence-corrected chi connectivity index (χ0v) is 15.2. The predicted octanol–water partition coefficient (Wildman–Crippen LogP) is 4.33. The summed E-state index contributed by atoms with van der Waals surface area (Å²) in [5, 5.41) is 14.4. The van der Waals surface area contributed by atoms with E-state index in [0.29, 0.717) is 10.8 Å². The van der Waals surface area contributed by atoms with Gasteiger partial charge in [-0.1, -0.05) is 18.2 Å². The van der Waals surface area contributed by atoms with Crippen LogP contribution in [0.25, 0.3) is 0 Å². The van der Waals surface area contributed by atoms with Crippen molar-refractivity contribution in [2.75, 3.05) is 4.90 Å². The van der Waals surface area contributed by atoms with Gasteiger partial charge in [-0.05, 0) is 55.5 Å². The number of thiophene rings is 1. The summed E-state index contributed by atoms with van der Waals surface area (Å²) in [4.78, 5) is 8.94. The monoisotopic (exact) mass is 367 g/mol. The van der Waals surface area contributed by atoms with Gasteiger partial charge in [0.2, 0.25) is 0 Å². The third-order valence-corrected chi connectivity index (χ3v) is 5.68. The minimum Gasteiger partial charge on any atom is -0.506 e. The number of aryl methyl sites for hydroxylation is 1. The van der Waals surface area contributed by atoms with Crippen LogP contribution in [0.3, 0.4) is 0 Å². The maximum Gasteiger partial charge on any atom is 0.174 e. The number of phenols is 1. The molecule has 0 spiro atoms. The van der Waals surface area contributed by atoms with Crippen LogP contribution < -0.4 is 10.2 Å². The fraction of sp³-hybridized carbons (Fsp3) is 0.158. The molecule has 3 aromatic rings. The highest BCUT2D eigenvalue weighted by Crippen LogP contribution is 2.45. The highest BCUT2D eigenvalue weighted by molar-refractivity contribution is 7.80. The number of pyridine rings is 1. The van der Waals surface area contributed by atoms with E-state index in [-0.39, 0.29) is 17.8 Å². The van der Waals surface area contributed by atoms with Crippen molar-refractivity contribution in [1.82, 2.24) is 10.3 Å². The van der Waals surface area contributed by atoms with Crippen LogP contribution >= 0.6 is 23.6 Å². The second-order valence-electron chi connectivity index (χ2n) is 5.93. The molecule has 2 aromatic heterocycles. The van der Waals surface area contributed by atoms with Crippen LogP contribution in [-0.4, -0.2) is 15.2 Å². The van der Waals surface area contributed by atoms with Gasteiger partial charge in [-0.25, -0.2) is 0 Å². The highest BCUT2D eigenvalue weighted by Gasteiger charge is 2.42. The largest absolute Gasteiger partial charge is 0.506 e. The molecule has 0 amide bonds. The minimum atomic E-state index is -0.0774. The molecule has 4 rings (SSSR count). The van der Waals surface area contributed by atoms with Gasteiger partial charge in [-0.15, -0.1) is 11.3 Å². The van der Waals surface area contributed by atoms with Crippen LogP contribution in [0.5, 0.6) is 5.75 Å². The topological polar surface area (TPSA) is 48.4 Å². The van der Waals surface area contributed by atoms with Gasteiger partial charge in [0.1, 0.15) is 5.75 Å². The molecule has 0 aliphatic carbocycles. The molecule has 25 heavy (non-hydrogen) atoms. The lowest BCUT2D eigenvalue weighted by atomic mass is 10.0. The summed E-state index contributed by atoms with van der Waals surface area (Å²) in [6.45, 7) is 2.09. The lowest BCUT2D eigenvalue weighted by Gasteiger charge is -2.27. The van der Waals surface area contributed by atoms with Gasteiger partial charge in [0.05, 0.1) is 23.5 Å². The van der Waals surface area contributed by atoms with Crippen molar-refractivity contribution in [1.29, 1.82) is 0 Å². The summed E-state index contributed by atoms with van der Waals surface area (Å²) >= 11 is 7.36. The first-order chi connectivity index (χ1) is 12.1. The molecule has 1 fully saturated rings. The summed E-state index contributed by atoms with van der Waals surface area (Å²) in [5.74, 6) is 0.214. The fourth-order valence-electron chi connectivity index (χ4n) is 3.18. The van der Waals surface area contributed by atoms with Gasteiger partial charge in [0.15, 0.2) is 5.11 Å². The number of thiocarbonyl (C=S) groups is 1. The van der Waals surface area contributed by atoms with Crippen LogP contribution in [0, 0.1) is 6.92 Å². The Bertz CT molecular complexity index is 910. The lowest BCUT2D eigenvalue weighted by Crippen LogP contribution is -2.29. The number of nitrogens with one attached hydrogen (secondary N) is 1. The van der Waals surface area contributed by atoms with Gasteiger partial charge in [-0.3, -0.25) is 4.98 Å². The summed E-state index contributed by atoms with van der Waals surface area (Å²) < 4.78 is 0. The Morgan fingerprint density at radius 3 is 2.60 bits per heavy atom. The van der Waals surface area contributed by atoms with E-state index in [4.69, 9.17) is 12.2 Å². The van der Waals surface area contributed by atoms with Crippen LogP contribution in [0.2, 0.25) is 0 Å². The standard InChI is InChI=1S/C19H17N3OS2/c1-12-9-10-16(25-12)18-17(13-6-4-5-11-20-13)21-19(24)22(18)14-7-2-3-8-15(14)23/h2-11,17-18,23H,1H3,(H,21,24)/t17-,18-/m1/s1. The Kier molecular flexibility index (Phi) is 4.15. The van der Waals surface area contributed by atoms with Crippen molar-refractivity contribution >= 4 is 34.4 Å². The molecule has 0 saturated carbocycles. The number of hydrogen-bond donors (Lipinski definition) is 2. The maximum absolute atomic E-state index is 10.4. The Labute approximate surface area is 155 Å². The number of aromatic hydroxyl groups is 1. The molecule has 1 saturated heterocycles. The van der Waals surface area contributed by atoms with Gasteiger partial charge < -0.3 is 15.3 Å². The first-order valence-electron chi connectivity index (χ1n) is 8.00. The average molecular weight is 367 g/mol. The average Bonchev–Trinajstić information content (AvgIpc) is 3.19. The summed E-state index contributed by atoms with van der Waals surface area (Å²) in [6, 6.07) is 17.3. The Balaban J connectivity index is 1.85. The Morgan fingerprint density at radius 1 is 1.12 bits per heavy atom. The van der Waals surface area contributed by atoms with Gasteiger partial charge in [0.25, 0.3) is 0 Å². The van der Waals surface area contributed by atoms with Gasteiger partial charge in [0, 0.05) is 16.0 Å². The molecule has 2 N–H and O–H groups in total. The van der Waals surface area contributed by atoms with Crippen molar-refractivity contribution in [3.8, 4) is 5.75 Å². The van der Waals surface area contributed by atoms with Gasteiger partial charge in [-0.2, -0.15) is 0 Å². The van der Waals surface area contributed by atoms with E-state index >= 15 is 0 Å². The fourth-order valence-corrected chi connectivity index (χ4v) is 4.53. The summed E-state index contributed by atoms with van der Waals surface area (Å²) in [6.07, 6.45) is 1.79. The van der Waals surface area contributed by atoms with E-state index in [1.807, 2.05) is 41.3 Å². The van der Waals surface area contributed by atoms with E-state index < -0.39 is 0 Å². The number of benzene rings is 1. The molecule has 1 aliphatic heterocycles. The lowest BCUT2D eigenvalue weighted by molar-refractivity contribution is 0.473. The third-order valence-electron chi connectivity index (χ3n) is 4.29. The zero-order valence-electron chi connectivity index (χ0n) is 13.6. The summed E-state index contributed by atoms with van der Waals surface area (Å²) in [5.41, 5.74) is 1.63. The van der Waals surface area contributed by atoms with Crippen LogP contribution in [0.4, 0.5) is 5.69 Å². The SMILES string of the molecule is Cc1ccc([C@@H]2[C@@H](c3ccccn3)NC(=S)N2c2ccccc2O)s1. The van der Waals surface area contributed by atoms with Crippen molar-refractivity contribution in [2.24, 2.45) is 0 Å². The molecule has 126 valence electrons. The molecule has 0 bridgehead atoms. The second kappa shape index (κ2) is 6.46. The normalized spacial score (nSPS) is 19.9. The Morgan fingerprint density at radius 2 is 1.92 bits per heavy atom. The number of hydrogen-bond acceptors (Lipinski definition) is 4. The van der Waals surface area contributed by atoms with Crippen LogP contribution in [0.1, 0.15) is 27.5 Å². The molecule has 3 heterocycles. The molecular weight excluding hydrogens is 350 g/mol. The van der Waals surface area contributed by atoms with E-state index in [1.54, 1.807) is 23.6 Å². The second-order valence-corrected chi connectivity index (χ2v) is 7.64. The highest BCUT2D eigenvalue weighted by atomic mass is 32.1. The number of phenolic OH excluding ortho intramolecular Hbond substituents is 1. The number of para-hydroxylation sites is 2. The smallest absolute Gasteiger partial charge is 0.174 e. The van der Waals surface area contributed by atoms with E-state index in [9.17, 15) is 5.11 Å². The number of aromatic nitrogens is 1. The quantitative estimate of drug-likeness (QED) is 0.675. The van der Waals surface area contributed by atoms with Gasteiger partial charge >= 0.3 is 0 Å². The minimum absolute atomic E-state index is 0.0607. The van der Waals surface area contributed by atoms with E-state index in [2.05, 4.69) is 29.4 Å². The number of nitrogens with zero attached hydrogens (tertiary/aromatic N) is 2. The zero-order chi connectivity index (χ0) is 17.4. The molecule has 6 heteroatoms. The number of rotatable bonds is 3. The molecular formula is C19H17N3OS2. The maximum atomic E-state index is 10.4. The van der Waals surface area contributed by atoms with Crippen LogP contribution in [0.15, 0.2) is 60.8 Å². The summed E-state index contributed by atoms with van der Waals surface area (Å²) in [7, 11) is 0. The van der Waals surface area contributed by atoms with Crippen molar-refractivity contribution in [3.63, 3.8) is 0 Å². The molecule has 1 aliphatic rings. The molecule has 0 unspecified atom stereocenters. The molecule has 2 atom stereocenters. The Hall–Kier alpha value is -2.44.